The number of aryl methyl sites for hydroxylation is 2. The maximum Gasteiger partial charge on any atom is 0.337 e. The monoisotopic (exact) mass is 257 g/mol. The zero-order valence-corrected chi connectivity index (χ0v) is 10.8. The predicted octanol–water partition coefficient (Wildman–Crippen LogP) is 3.38. The van der Waals surface area contributed by atoms with Gasteiger partial charge in [0.25, 0.3) is 0 Å². The Labute approximate surface area is 111 Å². The largest absolute Gasteiger partial charge is 0.478 e. The molecule has 0 aliphatic heterocycles. The van der Waals surface area contributed by atoms with Crippen LogP contribution < -0.4 is 10.5 Å². The van der Waals surface area contributed by atoms with Crippen LogP contribution in [0.4, 0.5) is 5.69 Å². The average Bonchev–Trinajstić information content (AvgIpc) is 2.33. The Balaban J connectivity index is 2.31. The SMILES string of the molecule is Cc1ccc(C)c(Oc2ccc(C(=O)O)c(N)c2)c1. The van der Waals surface area contributed by atoms with E-state index < -0.39 is 5.97 Å². The molecule has 0 spiro atoms. The molecule has 0 aliphatic rings. The van der Waals surface area contributed by atoms with Gasteiger partial charge in [0.2, 0.25) is 0 Å². The number of nitrogen functional groups attached to an aromatic ring is 1. The van der Waals surface area contributed by atoms with E-state index in [1.807, 2.05) is 32.0 Å². The van der Waals surface area contributed by atoms with Crippen LogP contribution in [0.25, 0.3) is 0 Å². The first-order valence-electron chi connectivity index (χ1n) is 5.85. The van der Waals surface area contributed by atoms with Gasteiger partial charge in [-0.05, 0) is 43.2 Å². The van der Waals surface area contributed by atoms with Crippen molar-refractivity contribution in [3.05, 3.63) is 53.1 Å². The molecule has 4 heteroatoms. The fourth-order valence-electron chi connectivity index (χ4n) is 1.74. The third kappa shape index (κ3) is 2.85. The van der Waals surface area contributed by atoms with E-state index in [9.17, 15) is 4.79 Å². The lowest BCUT2D eigenvalue weighted by Crippen LogP contribution is -2.02. The summed E-state index contributed by atoms with van der Waals surface area (Å²) in [4.78, 5) is 10.9. The topological polar surface area (TPSA) is 72.5 Å². The van der Waals surface area contributed by atoms with Crippen LogP contribution in [0.3, 0.4) is 0 Å². The minimum absolute atomic E-state index is 0.0771. The molecule has 0 saturated heterocycles. The van der Waals surface area contributed by atoms with Crippen molar-refractivity contribution in [3.8, 4) is 11.5 Å². The second kappa shape index (κ2) is 5.02. The second-order valence-corrected chi connectivity index (χ2v) is 4.43. The molecule has 0 heterocycles. The molecule has 0 radical (unpaired) electrons. The maximum atomic E-state index is 10.9. The molecule has 0 aliphatic carbocycles. The lowest BCUT2D eigenvalue weighted by atomic mass is 10.1. The van der Waals surface area contributed by atoms with Gasteiger partial charge in [0, 0.05) is 11.8 Å². The Hall–Kier alpha value is -2.49. The van der Waals surface area contributed by atoms with Crippen molar-refractivity contribution >= 4 is 11.7 Å². The summed E-state index contributed by atoms with van der Waals surface area (Å²) in [6.45, 7) is 3.93. The number of nitrogens with two attached hydrogens (primary N) is 1. The Morgan fingerprint density at radius 2 is 1.89 bits per heavy atom. The van der Waals surface area contributed by atoms with E-state index in [-0.39, 0.29) is 11.3 Å². The highest BCUT2D eigenvalue weighted by Crippen LogP contribution is 2.28. The van der Waals surface area contributed by atoms with Gasteiger partial charge in [-0.1, -0.05) is 12.1 Å². The number of carboxylic acids is 1. The van der Waals surface area contributed by atoms with Crippen LogP contribution >= 0.6 is 0 Å². The minimum Gasteiger partial charge on any atom is -0.478 e. The van der Waals surface area contributed by atoms with Crippen molar-refractivity contribution in [1.82, 2.24) is 0 Å². The summed E-state index contributed by atoms with van der Waals surface area (Å²) in [5.41, 5.74) is 8.05. The first kappa shape index (κ1) is 13.0. The summed E-state index contributed by atoms with van der Waals surface area (Å²) in [6.07, 6.45) is 0. The van der Waals surface area contributed by atoms with E-state index in [4.69, 9.17) is 15.6 Å². The minimum atomic E-state index is -1.05. The van der Waals surface area contributed by atoms with Gasteiger partial charge in [-0.25, -0.2) is 4.79 Å². The van der Waals surface area contributed by atoms with Gasteiger partial charge in [-0.3, -0.25) is 0 Å². The number of hydrogen-bond donors (Lipinski definition) is 2. The summed E-state index contributed by atoms with van der Waals surface area (Å²) in [6, 6.07) is 10.5. The van der Waals surface area contributed by atoms with Crippen LogP contribution in [0.1, 0.15) is 21.5 Å². The molecule has 0 saturated carbocycles. The number of benzene rings is 2. The molecule has 2 rings (SSSR count). The lowest BCUT2D eigenvalue weighted by Gasteiger charge is -2.10. The van der Waals surface area contributed by atoms with Gasteiger partial charge in [-0.15, -0.1) is 0 Å². The van der Waals surface area contributed by atoms with Crippen LogP contribution in [0.2, 0.25) is 0 Å². The fraction of sp³-hybridized carbons (Fsp3) is 0.133. The molecule has 0 bridgehead atoms. The van der Waals surface area contributed by atoms with E-state index in [2.05, 4.69) is 0 Å². The molecule has 0 aromatic heterocycles. The predicted molar refractivity (Wildman–Crippen MR) is 73.8 cm³/mol. The van der Waals surface area contributed by atoms with Crippen LogP contribution in [-0.4, -0.2) is 11.1 Å². The van der Waals surface area contributed by atoms with Crippen LogP contribution in [-0.2, 0) is 0 Å². The highest BCUT2D eigenvalue weighted by atomic mass is 16.5. The Kier molecular flexibility index (Phi) is 3.42. The van der Waals surface area contributed by atoms with E-state index in [1.165, 1.54) is 12.1 Å². The molecular formula is C15H15NO3. The number of carboxylic acid groups (broad SMARTS) is 1. The molecular weight excluding hydrogens is 242 g/mol. The van der Waals surface area contributed by atoms with E-state index in [0.29, 0.717) is 5.75 Å². The third-order valence-corrected chi connectivity index (χ3v) is 2.82. The van der Waals surface area contributed by atoms with Crippen molar-refractivity contribution in [2.45, 2.75) is 13.8 Å². The number of hydrogen-bond acceptors (Lipinski definition) is 3. The third-order valence-electron chi connectivity index (χ3n) is 2.82. The Morgan fingerprint density at radius 1 is 1.16 bits per heavy atom. The van der Waals surface area contributed by atoms with Crippen LogP contribution in [0, 0.1) is 13.8 Å². The number of carbonyl (C=O) groups is 1. The number of aromatic carboxylic acids is 1. The first-order chi connectivity index (χ1) is 8.97. The molecule has 0 unspecified atom stereocenters. The van der Waals surface area contributed by atoms with Gasteiger partial charge in [0.1, 0.15) is 11.5 Å². The smallest absolute Gasteiger partial charge is 0.337 e. The summed E-state index contributed by atoms with van der Waals surface area (Å²) in [5.74, 6) is 0.217. The van der Waals surface area contributed by atoms with Crippen molar-refractivity contribution in [3.63, 3.8) is 0 Å². The van der Waals surface area contributed by atoms with Gasteiger partial charge in [0.05, 0.1) is 5.56 Å². The number of rotatable bonds is 3. The molecule has 98 valence electrons. The molecule has 2 aromatic carbocycles. The lowest BCUT2D eigenvalue weighted by molar-refractivity contribution is 0.0698. The summed E-state index contributed by atoms with van der Waals surface area (Å²) < 4.78 is 5.73. The van der Waals surface area contributed by atoms with Crippen LogP contribution in [0.5, 0.6) is 11.5 Å². The summed E-state index contributed by atoms with van der Waals surface area (Å²) in [7, 11) is 0. The van der Waals surface area contributed by atoms with E-state index >= 15 is 0 Å². The van der Waals surface area contributed by atoms with Crippen molar-refractivity contribution < 1.29 is 14.6 Å². The van der Waals surface area contributed by atoms with Gasteiger partial charge >= 0.3 is 5.97 Å². The molecule has 3 N–H and O–H groups in total. The van der Waals surface area contributed by atoms with Crippen LogP contribution in [0.15, 0.2) is 36.4 Å². The number of ether oxygens (including phenoxy) is 1. The normalized spacial score (nSPS) is 10.2. The summed E-state index contributed by atoms with van der Waals surface area (Å²) in [5, 5.41) is 8.91. The van der Waals surface area contributed by atoms with Crippen molar-refractivity contribution in [2.24, 2.45) is 0 Å². The van der Waals surface area contributed by atoms with Crippen molar-refractivity contribution in [2.75, 3.05) is 5.73 Å². The summed E-state index contributed by atoms with van der Waals surface area (Å²) >= 11 is 0. The van der Waals surface area contributed by atoms with Crippen molar-refractivity contribution in [1.29, 1.82) is 0 Å². The van der Waals surface area contributed by atoms with E-state index in [0.717, 1.165) is 16.9 Å². The van der Waals surface area contributed by atoms with E-state index in [1.54, 1.807) is 6.07 Å². The fourth-order valence-corrected chi connectivity index (χ4v) is 1.74. The standard InChI is InChI=1S/C15H15NO3/c1-9-3-4-10(2)14(7-9)19-11-5-6-12(15(17)18)13(16)8-11/h3-8H,16H2,1-2H3,(H,17,18). The molecule has 19 heavy (non-hydrogen) atoms. The highest BCUT2D eigenvalue weighted by Gasteiger charge is 2.09. The molecule has 0 atom stereocenters. The maximum absolute atomic E-state index is 10.9. The number of anilines is 1. The molecule has 0 fully saturated rings. The average molecular weight is 257 g/mol. The Morgan fingerprint density at radius 3 is 2.53 bits per heavy atom. The van der Waals surface area contributed by atoms with Gasteiger partial charge < -0.3 is 15.6 Å². The molecule has 4 nitrogen and oxygen atoms in total. The van der Waals surface area contributed by atoms with Gasteiger partial charge in [0.15, 0.2) is 0 Å². The highest BCUT2D eigenvalue weighted by molar-refractivity contribution is 5.93. The Bertz CT molecular complexity index is 635. The van der Waals surface area contributed by atoms with Gasteiger partial charge in [-0.2, -0.15) is 0 Å². The molecule has 0 amide bonds. The zero-order valence-electron chi connectivity index (χ0n) is 10.8. The molecule has 2 aromatic rings. The first-order valence-corrected chi connectivity index (χ1v) is 5.85. The second-order valence-electron chi connectivity index (χ2n) is 4.43. The quantitative estimate of drug-likeness (QED) is 0.827. The zero-order chi connectivity index (χ0) is 14.0.